The summed E-state index contributed by atoms with van der Waals surface area (Å²) in [7, 11) is -0.367. The molecular formula is C24H31Cl2N2SiTi. The van der Waals surface area contributed by atoms with Crippen molar-refractivity contribution in [2.75, 3.05) is 4.90 Å². The third-order valence-corrected chi connectivity index (χ3v) is 5.77. The van der Waals surface area contributed by atoms with Gasteiger partial charge in [-0.25, -0.2) is 12.5 Å². The van der Waals surface area contributed by atoms with Crippen LogP contribution in [-0.4, -0.2) is 14.5 Å². The van der Waals surface area contributed by atoms with Crippen LogP contribution in [0.4, 0.5) is 11.4 Å². The number of allylic oxidation sites excluding steroid dienone is 2. The molecule has 0 N–H and O–H groups in total. The molecule has 0 fully saturated rings. The second-order valence-corrected chi connectivity index (χ2v) is 10.7. The number of halogens is 2. The molecule has 0 amide bonds. The van der Waals surface area contributed by atoms with Gasteiger partial charge in [-0.3, -0.25) is 0 Å². The van der Waals surface area contributed by atoms with E-state index in [1.807, 2.05) is 0 Å². The Balaban J connectivity index is 0.000000672. The van der Waals surface area contributed by atoms with Crippen molar-refractivity contribution in [1.29, 1.82) is 0 Å². The van der Waals surface area contributed by atoms with Crippen molar-refractivity contribution < 1.29 is 46.5 Å². The second-order valence-electron chi connectivity index (χ2n) is 8.58. The Kier molecular flexibility index (Phi) is 12.1. The minimum Gasteiger partial charge on any atom is -1.00 e. The topological polar surface area (TPSA) is 17.3 Å². The van der Waals surface area contributed by atoms with Crippen LogP contribution < -0.4 is 29.7 Å². The van der Waals surface area contributed by atoms with Gasteiger partial charge in [0, 0.05) is 11.4 Å². The predicted octanol–water partition coefficient (Wildman–Crippen LogP) is 1.14. The van der Waals surface area contributed by atoms with Crippen LogP contribution in [0.3, 0.4) is 0 Å². The van der Waals surface area contributed by atoms with Crippen molar-refractivity contribution in [2.45, 2.75) is 58.7 Å². The van der Waals surface area contributed by atoms with E-state index in [4.69, 9.17) is 0 Å². The van der Waals surface area contributed by atoms with E-state index < -0.39 is 0 Å². The molecule has 0 aromatic heterocycles. The number of aryl methyl sites for hydroxylation is 1. The van der Waals surface area contributed by atoms with Crippen molar-refractivity contribution in [3.8, 4) is 0 Å². The molecule has 1 atom stereocenters. The molecule has 30 heavy (non-hydrogen) atoms. The molecule has 4 rings (SSSR count). The number of para-hydroxylation sites is 1. The van der Waals surface area contributed by atoms with Crippen LogP contribution in [0.25, 0.3) is 4.98 Å². The van der Waals surface area contributed by atoms with Crippen molar-refractivity contribution >= 4 is 20.3 Å². The maximum absolute atomic E-state index is 4.51. The van der Waals surface area contributed by atoms with Gasteiger partial charge in [0.1, 0.15) is 0 Å². The third-order valence-electron chi connectivity index (χ3n) is 4.65. The summed E-state index contributed by atoms with van der Waals surface area (Å²) in [5.74, 6) is 0.552. The van der Waals surface area contributed by atoms with Gasteiger partial charge in [-0.05, 0) is 36.2 Å². The maximum Gasteiger partial charge on any atom is 4.00 e. The summed E-state index contributed by atoms with van der Waals surface area (Å²) < 4.78 is 0. The van der Waals surface area contributed by atoms with Crippen LogP contribution in [0, 0.1) is 13.3 Å². The number of nitrogens with zero attached hydrogens (tertiary/aromatic N) is 2. The van der Waals surface area contributed by atoms with Gasteiger partial charge in [-0.15, -0.1) is 17.7 Å². The Bertz CT molecular complexity index is 820. The smallest absolute Gasteiger partial charge is 1.00 e. The summed E-state index contributed by atoms with van der Waals surface area (Å²) in [6, 6.07) is 17.5. The zero-order valence-electron chi connectivity index (χ0n) is 18.7. The van der Waals surface area contributed by atoms with Crippen LogP contribution in [0.5, 0.6) is 0 Å². The van der Waals surface area contributed by atoms with Crippen LogP contribution in [-0.2, 0) is 21.7 Å². The number of anilines is 2. The van der Waals surface area contributed by atoms with Crippen LogP contribution in [0.15, 0.2) is 60.3 Å². The number of hydrogen-bond donors (Lipinski definition) is 0. The molecule has 2 aromatic rings. The number of benzene rings is 2. The fourth-order valence-corrected chi connectivity index (χ4v) is 5.24. The summed E-state index contributed by atoms with van der Waals surface area (Å²) >= 11 is 0. The van der Waals surface area contributed by atoms with Gasteiger partial charge < -0.3 is 34.7 Å². The average molecular weight is 494 g/mol. The molecule has 0 spiro atoms. The first kappa shape index (κ1) is 29.3. The Labute approximate surface area is 212 Å². The SMILES string of the molecule is C[Si](C)[N-]C(C)(C)C.Cc1ccc2c(c1)N(c1ccccc1)C1=C[CH-]CC12.[Cl-].[Cl-].[Ti+4]. The molecule has 6 heteroatoms. The Morgan fingerprint density at radius 1 is 1.03 bits per heavy atom. The number of fused-ring (bicyclic) bond motifs is 3. The monoisotopic (exact) mass is 493 g/mol. The van der Waals surface area contributed by atoms with Gasteiger partial charge in [-0.2, -0.15) is 0 Å². The van der Waals surface area contributed by atoms with Gasteiger partial charge in [0.15, 0.2) is 0 Å². The molecule has 1 aliphatic heterocycles. The van der Waals surface area contributed by atoms with Crippen LogP contribution in [0.2, 0.25) is 13.1 Å². The minimum atomic E-state index is -0.367. The minimum absolute atomic E-state index is 0. The largest absolute Gasteiger partial charge is 4.00 e. The first-order valence-electron chi connectivity index (χ1n) is 9.78. The van der Waals surface area contributed by atoms with Gasteiger partial charge in [0.25, 0.3) is 0 Å². The van der Waals surface area contributed by atoms with E-state index in [0.29, 0.717) is 5.92 Å². The average Bonchev–Trinajstić information content (AvgIpc) is 3.13. The van der Waals surface area contributed by atoms with E-state index >= 15 is 0 Å². The maximum atomic E-state index is 4.51. The fourth-order valence-electron chi connectivity index (χ4n) is 3.90. The summed E-state index contributed by atoms with van der Waals surface area (Å²) in [6.45, 7) is 13.0. The molecule has 1 radical (unpaired) electrons. The van der Waals surface area contributed by atoms with Crippen molar-refractivity contribution in [2.24, 2.45) is 0 Å². The molecule has 2 aromatic carbocycles. The standard InChI is InChI=1S/C18H16N.C6H15NSi.2ClH.Ti/c1-13-10-11-16-15-8-5-9-17(15)19(18(16)12-13)14-6-3-2-4-7-14;1-6(2,3)7-8(4)5;;;/h2-7,9-12,15H,8H2,1H3;1-5H3;2*1H;/q2*-1;;;+4/p-2. The van der Waals surface area contributed by atoms with E-state index in [1.165, 1.54) is 28.2 Å². The van der Waals surface area contributed by atoms with Crippen LogP contribution in [0.1, 0.15) is 44.2 Å². The van der Waals surface area contributed by atoms with Crippen molar-refractivity contribution in [1.82, 2.24) is 0 Å². The third kappa shape index (κ3) is 7.19. The summed E-state index contributed by atoms with van der Waals surface area (Å²) in [6.07, 6.45) is 5.71. The van der Waals surface area contributed by atoms with Crippen molar-refractivity contribution in [3.63, 3.8) is 0 Å². The zero-order valence-corrected chi connectivity index (χ0v) is 22.8. The number of hydrogen-bond acceptors (Lipinski definition) is 1. The first-order valence-corrected chi connectivity index (χ1v) is 12.2. The fraction of sp³-hybridized carbons (Fsp3) is 0.375. The molecule has 0 saturated heterocycles. The van der Waals surface area contributed by atoms with E-state index in [-0.39, 0.29) is 61.0 Å². The van der Waals surface area contributed by atoms with E-state index in [1.54, 1.807) is 0 Å². The summed E-state index contributed by atoms with van der Waals surface area (Å²) in [5, 5.41) is 0. The molecule has 1 aliphatic carbocycles. The normalized spacial score (nSPS) is 15.9. The zero-order chi connectivity index (χ0) is 19.6. The molecular weight excluding hydrogens is 463 g/mol. The van der Waals surface area contributed by atoms with Gasteiger partial charge >= 0.3 is 21.7 Å². The van der Waals surface area contributed by atoms with Crippen molar-refractivity contribution in [3.05, 3.63) is 82.8 Å². The summed E-state index contributed by atoms with van der Waals surface area (Å²) in [5.41, 5.74) is 7.03. The molecule has 1 unspecified atom stereocenters. The first-order chi connectivity index (χ1) is 12.8. The molecule has 1 heterocycles. The predicted molar refractivity (Wildman–Crippen MR) is 120 cm³/mol. The van der Waals surface area contributed by atoms with E-state index in [2.05, 4.69) is 112 Å². The summed E-state index contributed by atoms with van der Waals surface area (Å²) in [4.78, 5) is 6.92. The quantitative estimate of drug-likeness (QED) is 0.453. The van der Waals surface area contributed by atoms with E-state index in [0.717, 1.165) is 6.42 Å². The Hall–Kier alpha value is -0.679. The Morgan fingerprint density at radius 3 is 2.20 bits per heavy atom. The van der Waals surface area contributed by atoms with Gasteiger partial charge in [0.2, 0.25) is 0 Å². The van der Waals surface area contributed by atoms with Crippen LogP contribution >= 0.6 is 0 Å². The molecule has 0 saturated carbocycles. The molecule has 2 nitrogen and oxygen atoms in total. The molecule has 2 aliphatic rings. The van der Waals surface area contributed by atoms with Gasteiger partial charge in [-0.1, -0.05) is 79.1 Å². The molecule has 159 valence electrons. The van der Waals surface area contributed by atoms with E-state index in [9.17, 15) is 0 Å². The number of rotatable bonds is 2. The molecule has 0 bridgehead atoms. The second kappa shape index (κ2) is 12.4. The Morgan fingerprint density at radius 2 is 1.67 bits per heavy atom. The van der Waals surface area contributed by atoms with Gasteiger partial charge in [0.05, 0.1) is 0 Å².